The van der Waals surface area contributed by atoms with Gasteiger partial charge in [-0.1, -0.05) is 19.7 Å². The molecule has 0 spiro atoms. The second kappa shape index (κ2) is 22.0. The average Bonchev–Trinajstić information content (AvgIpc) is 2.74. The molecule has 0 rings (SSSR count). The number of carbonyl (C=O) groups excluding carboxylic acids is 3. The van der Waals surface area contributed by atoms with Crippen molar-refractivity contribution in [1.82, 2.24) is 10.6 Å². The highest BCUT2D eigenvalue weighted by Gasteiger charge is 2.11. The van der Waals surface area contributed by atoms with Gasteiger partial charge in [-0.2, -0.15) is 0 Å². The second-order valence-corrected chi connectivity index (χ2v) is 8.17. The number of carboxylic acid groups (broad SMARTS) is 1. The van der Waals surface area contributed by atoms with Crippen molar-refractivity contribution in [1.29, 1.82) is 0 Å². The number of nitrogens with zero attached hydrogens (tertiary/aromatic N) is 2. The zero-order valence-corrected chi connectivity index (χ0v) is 21.7. The van der Waals surface area contributed by atoms with Crippen molar-refractivity contribution in [2.24, 2.45) is 0 Å². The fourth-order valence-corrected chi connectivity index (χ4v) is 1.90. The molecule has 0 aromatic rings. The summed E-state index contributed by atoms with van der Waals surface area (Å²) in [6, 6.07) is 0. The minimum atomic E-state index is -1.23. The zero-order chi connectivity index (χ0) is 24.9. The highest BCUT2D eigenvalue weighted by molar-refractivity contribution is 5.87. The van der Waals surface area contributed by atoms with E-state index < -0.39 is 5.97 Å². The van der Waals surface area contributed by atoms with E-state index in [1.165, 1.54) is 12.2 Å². The summed E-state index contributed by atoms with van der Waals surface area (Å²) in [5, 5.41) is 14.7. The third kappa shape index (κ3) is 30.0. The lowest BCUT2D eigenvalue weighted by Gasteiger charge is -2.28. The standard InChI is InChI=1S/2C10H20N2O.C3H4O2.ClH/c2*1-5-10(13)11-8-7-9-12(3,4)6-2;1-2-3(4)5;/h2*5H,1,6-9H2,2-4H3;2H,1H2,(H,4,5);1H. The summed E-state index contributed by atoms with van der Waals surface area (Å²) in [5.74, 6) is -1.39. The monoisotopic (exact) mass is 476 g/mol. The smallest absolute Gasteiger partial charge is 0.243 e. The van der Waals surface area contributed by atoms with Crippen molar-refractivity contribution in [2.75, 3.05) is 67.5 Å². The number of quaternary nitrogens is 2. The first-order valence-corrected chi connectivity index (χ1v) is 10.6. The number of halogens is 1. The van der Waals surface area contributed by atoms with Crippen LogP contribution >= 0.6 is 0 Å². The van der Waals surface area contributed by atoms with Gasteiger partial charge in [-0.15, -0.1) is 0 Å². The molecule has 0 aromatic carbocycles. The third-order valence-corrected chi connectivity index (χ3v) is 4.73. The molecule has 0 saturated heterocycles. The second-order valence-electron chi connectivity index (χ2n) is 8.17. The van der Waals surface area contributed by atoms with Crippen LogP contribution < -0.4 is 28.1 Å². The summed E-state index contributed by atoms with van der Waals surface area (Å²) in [6.45, 7) is 19.9. The summed E-state index contributed by atoms with van der Waals surface area (Å²) in [7, 11) is 8.76. The molecule has 0 atom stereocenters. The van der Waals surface area contributed by atoms with Crippen LogP contribution in [0.3, 0.4) is 0 Å². The van der Waals surface area contributed by atoms with E-state index in [1.807, 2.05) is 0 Å². The van der Waals surface area contributed by atoms with Gasteiger partial charge < -0.3 is 41.9 Å². The minimum absolute atomic E-state index is 0. The number of carboxylic acids is 1. The molecule has 2 amide bonds. The van der Waals surface area contributed by atoms with E-state index in [-0.39, 0.29) is 24.2 Å². The van der Waals surface area contributed by atoms with E-state index in [0.29, 0.717) is 0 Å². The molecule has 0 aliphatic carbocycles. The van der Waals surface area contributed by atoms with Gasteiger partial charge in [0.1, 0.15) is 0 Å². The summed E-state index contributed by atoms with van der Waals surface area (Å²) < 4.78 is 2.01. The molecule has 0 saturated carbocycles. The predicted octanol–water partition coefficient (Wildman–Crippen LogP) is -2.52. The third-order valence-electron chi connectivity index (χ3n) is 4.73. The van der Waals surface area contributed by atoms with Crippen molar-refractivity contribution < 1.29 is 40.9 Å². The molecule has 2 N–H and O–H groups in total. The van der Waals surface area contributed by atoms with Crippen molar-refractivity contribution in [3.63, 3.8) is 0 Å². The molecule has 0 aliphatic rings. The normalized spacial score (nSPS) is 9.94. The molecule has 0 heterocycles. The van der Waals surface area contributed by atoms with Gasteiger partial charge in [-0.05, 0) is 32.1 Å². The number of rotatable bonds is 13. The van der Waals surface area contributed by atoms with Crippen molar-refractivity contribution >= 4 is 17.8 Å². The first-order valence-electron chi connectivity index (χ1n) is 10.6. The molecule has 0 unspecified atom stereocenters. The topological polar surface area (TPSA) is 98.3 Å². The Hall–Kier alpha value is -2.16. The molecule has 0 bridgehead atoms. The van der Waals surface area contributed by atoms with Crippen molar-refractivity contribution in [3.05, 3.63) is 38.0 Å². The maximum absolute atomic E-state index is 10.8. The van der Waals surface area contributed by atoms with E-state index in [1.54, 1.807) is 0 Å². The average molecular weight is 477 g/mol. The molecule has 32 heavy (non-hydrogen) atoms. The predicted molar refractivity (Wildman–Crippen MR) is 126 cm³/mol. The first-order chi connectivity index (χ1) is 14.3. The summed E-state index contributed by atoms with van der Waals surface area (Å²) in [6.07, 6.45) is 5.36. The molecule has 9 heteroatoms. The molecule has 188 valence electrons. The van der Waals surface area contributed by atoms with Crippen LogP contribution in [0.25, 0.3) is 0 Å². The Bertz CT molecular complexity index is 524. The van der Waals surface area contributed by atoms with Crippen molar-refractivity contribution in [2.45, 2.75) is 26.7 Å². The Balaban J connectivity index is -0.000000198. The first kappa shape index (κ1) is 37.2. The minimum Gasteiger partial charge on any atom is -1.00 e. The number of hydrogen-bond acceptors (Lipinski definition) is 4. The molecular weight excluding hydrogens is 432 g/mol. The molecule has 0 fully saturated rings. The fraction of sp³-hybridized carbons (Fsp3) is 0.609. The highest BCUT2D eigenvalue weighted by Crippen LogP contribution is 1.97. The van der Waals surface area contributed by atoms with Crippen LogP contribution in [0, 0.1) is 0 Å². The zero-order valence-electron chi connectivity index (χ0n) is 20.9. The van der Waals surface area contributed by atoms with E-state index in [2.05, 4.69) is 72.4 Å². The van der Waals surface area contributed by atoms with Gasteiger partial charge in [0.15, 0.2) is 0 Å². The molecule has 0 aliphatic heterocycles. The number of amides is 2. The van der Waals surface area contributed by atoms with E-state index in [0.717, 1.165) is 67.2 Å². The fourth-order valence-electron chi connectivity index (χ4n) is 1.90. The Morgan fingerprint density at radius 1 is 0.750 bits per heavy atom. The van der Waals surface area contributed by atoms with Crippen LogP contribution in [0.2, 0.25) is 0 Å². The van der Waals surface area contributed by atoms with E-state index in [4.69, 9.17) is 9.90 Å². The number of aliphatic carboxylic acids is 1. The summed E-state index contributed by atoms with van der Waals surface area (Å²) in [5.41, 5.74) is 0. The Morgan fingerprint density at radius 2 is 1.03 bits per heavy atom. The van der Waals surface area contributed by atoms with Gasteiger partial charge in [0.25, 0.3) is 0 Å². The number of carbonyl (C=O) groups is 3. The SMILES string of the molecule is C=CC(=O)NCCC[N+](C)(C)CC.C=CC(=O)NCCC[N+](C)(C)CC.C=CC(=O)[O-].[Cl-]. The van der Waals surface area contributed by atoms with E-state index in [9.17, 15) is 9.59 Å². The lowest BCUT2D eigenvalue weighted by molar-refractivity contribution is -0.888. The van der Waals surface area contributed by atoms with Crippen LogP contribution in [0.4, 0.5) is 0 Å². The summed E-state index contributed by atoms with van der Waals surface area (Å²) >= 11 is 0. The number of nitrogens with one attached hydrogen (secondary N) is 2. The molecule has 0 radical (unpaired) electrons. The number of hydrogen-bond donors (Lipinski definition) is 2. The molecular formula is C23H45ClN4O4. The highest BCUT2D eigenvalue weighted by atomic mass is 35.5. The summed E-state index contributed by atoms with van der Waals surface area (Å²) in [4.78, 5) is 30.7. The maximum atomic E-state index is 10.8. The van der Waals surface area contributed by atoms with E-state index >= 15 is 0 Å². The van der Waals surface area contributed by atoms with Crippen molar-refractivity contribution in [3.8, 4) is 0 Å². The maximum Gasteiger partial charge on any atom is 0.243 e. The Kier molecular flexibility index (Phi) is 25.6. The molecule has 8 nitrogen and oxygen atoms in total. The quantitative estimate of drug-likeness (QED) is 0.174. The van der Waals surface area contributed by atoms with Gasteiger partial charge in [0.05, 0.1) is 60.3 Å². The molecule has 0 aromatic heterocycles. The van der Waals surface area contributed by atoms with Gasteiger partial charge in [0.2, 0.25) is 11.8 Å². The lowest BCUT2D eigenvalue weighted by atomic mass is 10.3. The largest absolute Gasteiger partial charge is 1.00 e. The van der Waals surface area contributed by atoms with Gasteiger partial charge in [-0.25, -0.2) is 0 Å². The lowest BCUT2D eigenvalue weighted by Crippen LogP contribution is -3.00. The van der Waals surface area contributed by atoms with Crippen LogP contribution in [0.5, 0.6) is 0 Å². The Labute approximate surface area is 201 Å². The Morgan fingerprint density at radius 3 is 1.22 bits per heavy atom. The van der Waals surface area contributed by atoms with Gasteiger partial charge in [0, 0.05) is 25.9 Å². The van der Waals surface area contributed by atoms with Gasteiger partial charge >= 0.3 is 0 Å². The van der Waals surface area contributed by atoms with Crippen LogP contribution in [0.15, 0.2) is 38.0 Å². The van der Waals surface area contributed by atoms with Crippen LogP contribution in [0.1, 0.15) is 26.7 Å². The van der Waals surface area contributed by atoms with Crippen LogP contribution in [-0.4, -0.2) is 94.2 Å². The van der Waals surface area contributed by atoms with Crippen LogP contribution in [-0.2, 0) is 14.4 Å². The van der Waals surface area contributed by atoms with Gasteiger partial charge in [-0.3, -0.25) is 9.59 Å².